The van der Waals surface area contributed by atoms with Crippen LogP contribution >= 0.6 is 45.1 Å². The molecule has 1 aliphatic rings. The van der Waals surface area contributed by atoms with Gasteiger partial charge in [0.05, 0.1) is 44.2 Å². The van der Waals surface area contributed by atoms with Crippen molar-refractivity contribution in [2.24, 2.45) is 66.8 Å². The van der Waals surface area contributed by atoms with Crippen molar-refractivity contribution in [1.29, 1.82) is 0 Å². The monoisotopic (exact) mass is 1830 g/mol. The molecule has 4 rings (SSSR count). The number of nitrogens with zero attached hydrogens (tertiary/aromatic N) is 4. The molecule has 0 spiro atoms. The topological polar surface area (TPSA) is 776 Å². The van der Waals surface area contributed by atoms with Gasteiger partial charge in [0.25, 0.3) is 0 Å². The van der Waals surface area contributed by atoms with Crippen LogP contribution in [0.2, 0.25) is 0 Å². The zero-order chi connectivity index (χ0) is 92.7. The van der Waals surface area contributed by atoms with Crippen LogP contribution in [-0.2, 0) is 96.0 Å². The van der Waals surface area contributed by atoms with Crippen molar-refractivity contribution < 1.29 is 92.0 Å². The van der Waals surface area contributed by atoms with Crippen molar-refractivity contribution in [1.82, 2.24) is 84.4 Å². The molecule has 2 aromatic carbocycles. The number of H-pyrrole nitrogens is 1. The van der Waals surface area contributed by atoms with Gasteiger partial charge in [0.2, 0.25) is 88.6 Å². The van der Waals surface area contributed by atoms with Gasteiger partial charge in [-0.05, 0) is 105 Å². The number of imidazole rings is 1. The van der Waals surface area contributed by atoms with Gasteiger partial charge in [-0.15, -0.1) is 0 Å². The van der Waals surface area contributed by atoms with Gasteiger partial charge in [-0.3, -0.25) is 91.7 Å². The van der Waals surface area contributed by atoms with Crippen molar-refractivity contribution in [3.8, 4) is 5.75 Å². The molecular weight excluding hydrogens is 1710 g/mol. The summed E-state index contributed by atoms with van der Waals surface area (Å²) in [6.45, 7) is 0.0580. The highest BCUT2D eigenvalue weighted by Crippen LogP contribution is 2.25. The van der Waals surface area contributed by atoms with E-state index in [1.807, 2.05) is 0 Å². The minimum atomic E-state index is -2.02. The van der Waals surface area contributed by atoms with Crippen LogP contribution in [0.1, 0.15) is 94.9 Å². The standard InChI is InChI=1S/C75H117N27O19S4/c1-5-39(2)59-72(121)99-53(35-103)69(118)101-55(71(120)96-50(29-41-17-19-43(104)20-18-41)66(115)92-45(60(77)109)14-9-23-85-73(78)79)37-125-124-36-54(100-61(110)44(76)21-26-122-3)70(119)97-51(30-42-32-84-38-90-42)67(116)95-49(28-40-12-7-6-8-13-40)62(111)89-33-56(105)88-34-57(106)91-46(15-10-24-86-74(80)81)63(112)94-48(22-27-123-4)64(113)98-52(31-58(107)108)68(117)93-47(65(114)102-59)16-11-25-87-75(82)83/h6-8,12-13,17-20,32,38-39,44-55,59,103-104H,5,9-11,14-16,21-31,33-37,76H2,1-4H3,(H2,77,109)(H,84,90)(H,88,105)(H,89,111)(H,91,106)(H,92,115)(H,93,117)(H,94,112)(H,95,116)(H,96,120)(H,97,119)(H,98,113)(H,99,121)(H,100,110)(H,101,118)(H,102,114)(H,107,108)(H4,78,79,85)(H4,80,81,86)(H4,82,83,87)/t39-,44-,45-,46-,47+,48+,49+,50-,51-,52-,53+,54-,55+,59-/m0/s1. The van der Waals surface area contributed by atoms with E-state index in [1.165, 1.54) is 67.2 Å². The van der Waals surface area contributed by atoms with E-state index in [4.69, 9.17) is 45.9 Å². The molecule has 2 heterocycles. The maximum atomic E-state index is 15.1. The predicted octanol–water partition coefficient (Wildman–Crippen LogP) is -8.42. The Morgan fingerprint density at radius 2 is 1.08 bits per heavy atom. The number of rotatable bonds is 36. The highest BCUT2D eigenvalue weighted by molar-refractivity contribution is 8.76. The van der Waals surface area contributed by atoms with Crippen molar-refractivity contribution in [3.05, 3.63) is 83.9 Å². The largest absolute Gasteiger partial charge is 0.508 e. The molecule has 0 radical (unpaired) electrons. The van der Waals surface area contributed by atoms with E-state index in [0.29, 0.717) is 16.9 Å². The van der Waals surface area contributed by atoms with E-state index in [1.54, 1.807) is 49.8 Å². The maximum Gasteiger partial charge on any atom is 0.305 e. The number of aliphatic hydroxyl groups is 1. The van der Waals surface area contributed by atoms with Crippen LogP contribution in [0.25, 0.3) is 0 Å². The number of aromatic nitrogens is 2. The summed E-state index contributed by atoms with van der Waals surface area (Å²) in [4.78, 5) is 247. The number of carbonyl (C=O) groups excluding carboxylic acids is 15. The summed E-state index contributed by atoms with van der Waals surface area (Å²) < 4.78 is 0. The lowest BCUT2D eigenvalue weighted by atomic mass is 9.97. The summed E-state index contributed by atoms with van der Waals surface area (Å²) >= 11 is 2.59. The zero-order valence-corrected chi connectivity index (χ0v) is 72.9. The van der Waals surface area contributed by atoms with E-state index in [2.05, 4.69) is 99.4 Å². The minimum absolute atomic E-state index is 0.0116. The van der Waals surface area contributed by atoms with Crippen LogP contribution in [0, 0.1) is 5.92 Å². The summed E-state index contributed by atoms with van der Waals surface area (Å²) in [5.41, 5.74) is 46.4. The number of carboxylic acid groups (broad SMARTS) is 1. The van der Waals surface area contributed by atoms with Crippen molar-refractivity contribution >= 4 is 158 Å². The molecule has 1 aromatic heterocycles. The first-order valence-electron chi connectivity index (χ1n) is 39.7. The summed E-state index contributed by atoms with van der Waals surface area (Å²) in [5.74, 6) is -19.8. The number of guanidine groups is 3. The first-order valence-corrected chi connectivity index (χ1v) is 45.0. The van der Waals surface area contributed by atoms with Crippen molar-refractivity contribution in [3.63, 3.8) is 0 Å². The van der Waals surface area contributed by atoms with Gasteiger partial charge in [0.15, 0.2) is 17.9 Å². The average Bonchev–Trinajstić information content (AvgIpc) is 1.65. The molecule has 3 aromatic rings. The fraction of sp³-hybridized carbons (Fsp3) is 0.547. The Bertz CT molecular complexity index is 4170. The Hall–Kier alpha value is -11.9. The third-order valence-electron chi connectivity index (χ3n) is 18.8. The molecule has 15 amide bonds. The van der Waals surface area contributed by atoms with Gasteiger partial charge >= 0.3 is 5.97 Å². The molecule has 0 unspecified atom stereocenters. The second-order valence-corrected chi connectivity index (χ2v) is 33.2. The summed E-state index contributed by atoms with van der Waals surface area (Å²) in [7, 11) is 1.60. The minimum Gasteiger partial charge on any atom is -0.508 e. The molecule has 125 heavy (non-hydrogen) atoms. The quantitative estimate of drug-likeness (QED) is 0.0111. The van der Waals surface area contributed by atoms with Crippen LogP contribution in [0.4, 0.5) is 0 Å². The molecule has 690 valence electrons. The fourth-order valence-corrected chi connectivity index (χ4v) is 15.1. The number of amides is 15. The smallest absolute Gasteiger partial charge is 0.305 e. The van der Waals surface area contributed by atoms with Crippen LogP contribution in [0.15, 0.2) is 82.1 Å². The van der Waals surface area contributed by atoms with Crippen LogP contribution in [0.5, 0.6) is 5.75 Å². The first kappa shape index (κ1) is 105. The number of hydrogen-bond acceptors (Lipinski definition) is 27. The number of aromatic amines is 1. The number of phenols is 1. The average molecular weight is 1830 g/mol. The number of aliphatic carboxylic acids is 1. The van der Waals surface area contributed by atoms with E-state index in [9.17, 15) is 87.2 Å². The van der Waals surface area contributed by atoms with Gasteiger partial charge in [-0.2, -0.15) is 23.5 Å². The molecule has 1 aliphatic heterocycles. The second kappa shape index (κ2) is 56.8. The lowest BCUT2D eigenvalue weighted by Gasteiger charge is -2.29. The Balaban J connectivity index is 1.96. The SMILES string of the molecule is CC[C@H](C)[C@@H]1NC(=O)[C@@H](CCCN=C(N)N)NC(=O)[C@H](CC(=O)O)NC(=O)[C@@H](CCSC)NC(=O)[C@H](CCCN=C(N)N)NC(=O)CNC(=O)CNC(=O)[C@@H](Cc2ccccc2)NC(=O)[C@H](Cc2c[nH]cn2)NC(=O)[C@@H](NC(=O)[C@@H](N)CCSC)CSSC[C@H](C(=O)N[C@@H](Cc2ccc(O)cc2)C(=O)N[C@@H](CCCN=C(N)N)C(N)=O)NC(=O)[C@@H](CO)NC1=O. The number of carboxylic acids is 1. The number of hydrogen-bond donors (Lipinski definition) is 26. The van der Waals surface area contributed by atoms with Crippen LogP contribution < -0.4 is 120 Å². The summed E-state index contributed by atoms with van der Waals surface area (Å²) in [6.07, 6.45) is 3.52. The van der Waals surface area contributed by atoms with E-state index >= 15 is 4.79 Å². The number of nitrogens with one attached hydrogen (secondary N) is 15. The van der Waals surface area contributed by atoms with E-state index in [-0.39, 0.29) is 132 Å². The number of nitrogens with two attached hydrogens (primary N) is 8. The predicted molar refractivity (Wildman–Crippen MR) is 470 cm³/mol. The Kier molecular flexibility index (Phi) is 47.9. The van der Waals surface area contributed by atoms with Gasteiger partial charge in [-0.1, -0.05) is 84.3 Å². The third kappa shape index (κ3) is 40.5. The fourth-order valence-electron chi connectivity index (χ4n) is 11.8. The highest BCUT2D eigenvalue weighted by atomic mass is 33.1. The van der Waals surface area contributed by atoms with Gasteiger partial charge in [0.1, 0.15) is 78.3 Å². The number of aliphatic imine (C=N–C) groups is 3. The lowest BCUT2D eigenvalue weighted by Crippen LogP contribution is -2.62. The van der Waals surface area contributed by atoms with Gasteiger partial charge in [0, 0.05) is 56.6 Å². The van der Waals surface area contributed by atoms with Crippen LogP contribution in [-0.4, -0.2) is 291 Å². The molecule has 1 fully saturated rings. The molecule has 0 bridgehead atoms. The van der Waals surface area contributed by atoms with E-state index in [0.717, 1.165) is 21.6 Å². The summed E-state index contributed by atoms with van der Waals surface area (Å²) in [6, 6.07) is -7.67. The molecule has 46 nitrogen and oxygen atoms in total. The number of thioether (sulfide) groups is 2. The number of phenolic OH excluding ortho intramolecular Hbond substituents is 1. The Morgan fingerprint density at radius 3 is 1.66 bits per heavy atom. The maximum absolute atomic E-state index is 15.1. The molecule has 0 aliphatic carbocycles. The summed E-state index contributed by atoms with van der Waals surface area (Å²) in [5, 5.41) is 66.5. The second-order valence-electron chi connectivity index (χ2n) is 28.7. The number of primary amides is 1. The van der Waals surface area contributed by atoms with Crippen LogP contribution in [0.3, 0.4) is 0 Å². The molecule has 14 atom stereocenters. The molecule has 50 heteroatoms. The van der Waals surface area contributed by atoms with Gasteiger partial charge < -0.3 is 141 Å². The lowest BCUT2D eigenvalue weighted by molar-refractivity contribution is -0.141. The number of benzene rings is 2. The number of aliphatic hydroxyl groups excluding tert-OH is 1. The molecule has 34 N–H and O–H groups in total. The highest BCUT2D eigenvalue weighted by Gasteiger charge is 2.39. The Morgan fingerprint density at radius 1 is 0.552 bits per heavy atom. The first-order chi connectivity index (χ1) is 59.4. The normalized spacial score (nSPS) is 21.6. The zero-order valence-electron chi connectivity index (χ0n) is 69.6. The van der Waals surface area contributed by atoms with Crippen molar-refractivity contribution in [2.45, 2.75) is 176 Å². The molecule has 0 saturated carbocycles. The molecule has 1 saturated heterocycles. The third-order valence-corrected chi connectivity index (χ3v) is 22.5. The number of aromatic hydroxyl groups is 1. The van der Waals surface area contributed by atoms with Crippen molar-refractivity contribution in [2.75, 3.05) is 74.9 Å². The van der Waals surface area contributed by atoms with Gasteiger partial charge in [-0.25, -0.2) is 4.98 Å². The molecular formula is C75H117N27O19S4. The number of carbonyl (C=O) groups is 16. The van der Waals surface area contributed by atoms with E-state index < -0.39 is 217 Å². The Labute approximate surface area is 737 Å².